The molecule has 7 nitrogen and oxygen atoms in total. The Bertz CT molecular complexity index is 705. The van der Waals surface area contributed by atoms with Crippen molar-refractivity contribution in [2.24, 2.45) is 0 Å². The summed E-state index contributed by atoms with van der Waals surface area (Å²) in [6, 6.07) is 5.92. The van der Waals surface area contributed by atoms with Gasteiger partial charge in [-0.1, -0.05) is 13.8 Å². The summed E-state index contributed by atoms with van der Waals surface area (Å²) in [4.78, 5) is 8.92. The van der Waals surface area contributed by atoms with Crippen molar-refractivity contribution in [3.8, 4) is 5.88 Å². The van der Waals surface area contributed by atoms with Gasteiger partial charge in [0.2, 0.25) is 5.88 Å². The Labute approximate surface area is 156 Å². The minimum atomic E-state index is 0.160. The third kappa shape index (κ3) is 4.68. The number of anilines is 5. The lowest BCUT2D eigenvalue weighted by atomic mass is 10.2. The van der Waals surface area contributed by atoms with Crippen molar-refractivity contribution in [1.82, 2.24) is 9.97 Å². The first-order valence-electron chi connectivity index (χ1n) is 9.05. The Hall–Kier alpha value is -2.70. The highest BCUT2D eigenvalue weighted by Crippen LogP contribution is 2.36. The lowest BCUT2D eigenvalue weighted by Gasteiger charge is -2.19. The molecule has 26 heavy (non-hydrogen) atoms. The average Bonchev–Trinajstić information content (AvgIpc) is 2.65. The van der Waals surface area contributed by atoms with Gasteiger partial charge in [0.25, 0.3) is 0 Å². The van der Waals surface area contributed by atoms with Gasteiger partial charge in [0, 0.05) is 32.9 Å². The van der Waals surface area contributed by atoms with E-state index in [9.17, 15) is 0 Å². The molecule has 2 rings (SSSR count). The third-order valence-electron chi connectivity index (χ3n) is 4.23. The van der Waals surface area contributed by atoms with Crippen LogP contribution in [0.25, 0.3) is 0 Å². The molecule has 0 unspecified atom stereocenters. The minimum absolute atomic E-state index is 0.160. The number of nitrogens with one attached hydrogen (secondary N) is 4. The van der Waals surface area contributed by atoms with E-state index in [1.54, 1.807) is 0 Å². The van der Waals surface area contributed by atoms with Crippen LogP contribution in [0.4, 0.5) is 28.6 Å². The molecule has 0 aliphatic heterocycles. The number of ether oxygens (including phenoxy) is 1. The fourth-order valence-corrected chi connectivity index (χ4v) is 2.73. The number of aryl methyl sites for hydroxylation is 1. The number of nitrogens with zero attached hydrogens (tertiary/aromatic N) is 2. The van der Waals surface area contributed by atoms with Crippen LogP contribution in [0.3, 0.4) is 0 Å². The van der Waals surface area contributed by atoms with Crippen LogP contribution >= 0.6 is 0 Å². The van der Waals surface area contributed by atoms with Crippen LogP contribution in [-0.2, 0) is 0 Å². The lowest BCUT2D eigenvalue weighted by molar-refractivity contribution is 0.184. The molecule has 0 radical (unpaired) electrons. The molecule has 0 fully saturated rings. The smallest absolute Gasteiger partial charge is 0.219 e. The molecule has 0 saturated carbocycles. The molecule has 1 heterocycles. The van der Waals surface area contributed by atoms with Crippen LogP contribution in [0.15, 0.2) is 18.2 Å². The van der Waals surface area contributed by atoms with Crippen LogP contribution in [0.1, 0.15) is 32.5 Å². The van der Waals surface area contributed by atoms with Gasteiger partial charge in [0.1, 0.15) is 11.6 Å². The van der Waals surface area contributed by atoms with Crippen molar-refractivity contribution in [2.45, 2.75) is 39.7 Å². The fourth-order valence-electron chi connectivity index (χ4n) is 2.73. The van der Waals surface area contributed by atoms with Crippen molar-refractivity contribution in [2.75, 3.05) is 42.4 Å². The first-order valence-corrected chi connectivity index (χ1v) is 9.05. The van der Waals surface area contributed by atoms with Gasteiger partial charge in [-0.3, -0.25) is 0 Å². The predicted octanol–water partition coefficient (Wildman–Crippen LogP) is 4.22. The Morgan fingerprint density at radius 3 is 2.04 bits per heavy atom. The second kappa shape index (κ2) is 9.12. The second-order valence-electron chi connectivity index (χ2n) is 6.02. The van der Waals surface area contributed by atoms with E-state index in [0.717, 1.165) is 35.6 Å². The number of hydrogen-bond acceptors (Lipinski definition) is 7. The van der Waals surface area contributed by atoms with E-state index in [1.165, 1.54) is 0 Å². The van der Waals surface area contributed by atoms with Crippen molar-refractivity contribution >= 4 is 28.6 Å². The summed E-state index contributed by atoms with van der Waals surface area (Å²) in [5, 5.41) is 13.0. The topological polar surface area (TPSA) is 83.1 Å². The van der Waals surface area contributed by atoms with Gasteiger partial charge in [-0.2, -0.15) is 4.98 Å². The summed E-state index contributed by atoms with van der Waals surface area (Å²) in [5.74, 6) is 1.96. The maximum Gasteiger partial charge on any atom is 0.219 e. The normalized spacial score (nSPS) is 10.6. The molecule has 142 valence electrons. The molecular formula is C19H30N6O. The molecule has 0 spiro atoms. The highest BCUT2D eigenvalue weighted by Gasteiger charge is 2.13. The molecule has 0 bridgehead atoms. The molecule has 0 aliphatic rings. The van der Waals surface area contributed by atoms with Gasteiger partial charge < -0.3 is 26.0 Å². The molecule has 7 heteroatoms. The van der Waals surface area contributed by atoms with Crippen LogP contribution in [0.2, 0.25) is 0 Å². The third-order valence-corrected chi connectivity index (χ3v) is 4.23. The van der Waals surface area contributed by atoms with E-state index >= 15 is 0 Å². The van der Waals surface area contributed by atoms with Crippen molar-refractivity contribution in [1.29, 1.82) is 0 Å². The zero-order valence-electron chi connectivity index (χ0n) is 16.5. The van der Waals surface area contributed by atoms with Gasteiger partial charge in [-0.15, -0.1) is 0 Å². The SMILES string of the molecule is CCC(CC)Oc1cc(Nc2c(NC)cc(NC)cc2NC)nc(C)n1. The zero-order valence-corrected chi connectivity index (χ0v) is 16.5. The van der Waals surface area contributed by atoms with Gasteiger partial charge in [-0.25, -0.2) is 4.98 Å². The maximum absolute atomic E-state index is 5.99. The lowest BCUT2D eigenvalue weighted by Crippen LogP contribution is -2.15. The minimum Gasteiger partial charge on any atom is -0.474 e. The van der Waals surface area contributed by atoms with Crippen molar-refractivity contribution in [3.63, 3.8) is 0 Å². The van der Waals surface area contributed by atoms with Crippen LogP contribution in [0.5, 0.6) is 5.88 Å². The quantitative estimate of drug-likeness (QED) is 0.534. The zero-order chi connectivity index (χ0) is 19.1. The van der Waals surface area contributed by atoms with Crippen LogP contribution in [0, 0.1) is 6.92 Å². The average molecular weight is 358 g/mol. The Morgan fingerprint density at radius 2 is 1.54 bits per heavy atom. The largest absolute Gasteiger partial charge is 0.474 e. The van der Waals surface area contributed by atoms with Crippen molar-refractivity contribution in [3.05, 3.63) is 24.0 Å². The molecule has 1 aromatic carbocycles. The van der Waals surface area contributed by atoms with E-state index in [4.69, 9.17) is 4.74 Å². The summed E-state index contributed by atoms with van der Waals surface area (Å²) in [7, 11) is 5.69. The first kappa shape index (κ1) is 19.6. The first-order chi connectivity index (χ1) is 12.5. The van der Waals surface area contributed by atoms with Gasteiger partial charge >= 0.3 is 0 Å². The summed E-state index contributed by atoms with van der Waals surface area (Å²) < 4.78 is 5.99. The van der Waals surface area contributed by atoms with Crippen LogP contribution < -0.4 is 26.0 Å². The monoisotopic (exact) mass is 358 g/mol. The number of hydrogen-bond donors (Lipinski definition) is 4. The summed E-state index contributed by atoms with van der Waals surface area (Å²) >= 11 is 0. The standard InChI is InChI=1S/C19H30N6O/c1-7-14(8-2)26-18-11-17(23-12(3)24-18)25-19-15(21-5)9-13(20-4)10-16(19)22-6/h9-11,14,20-22H,7-8H2,1-6H3,(H,23,24,25). The number of aromatic nitrogens is 2. The molecule has 2 aromatic rings. The Kier molecular flexibility index (Phi) is 6.89. The van der Waals surface area contributed by atoms with E-state index in [1.807, 2.05) is 46.3 Å². The highest BCUT2D eigenvalue weighted by atomic mass is 16.5. The second-order valence-corrected chi connectivity index (χ2v) is 6.02. The fraction of sp³-hybridized carbons (Fsp3) is 0.474. The predicted molar refractivity (Wildman–Crippen MR) is 110 cm³/mol. The number of rotatable bonds is 9. The van der Waals surface area contributed by atoms with E-state index in [0.29, 0.717) is 17.5 Å². The van der Waals surface area contributed by atoms with Crippen LogP contribution in [-0.4, -0.2) is 37.2 Å². The summed E-state index contributed by atoms with van der Waals surface area (Å²) in [6.07, 6.45) is 2.05. The van der Waals surface area contributed by atoms with Crippen molar-refractivity contribution < 1.29 is 4.74 Å². The van der Waals surface area contributed by atoms with E-state index < -0.39 is 0 Å². The van der Waals surface area contributed by atoms with E-state index in [-0.39, 0.29) is 6.10 Å². The highest BCUT2D eigenvalue weighted by molar-refractivity contribution is 5.89. The maximum atomic E-state index is 5.99. The molecule has 0 saturated heterocycles. The summed E-state index contributed by atoms with van der Waals surface area (Å²) in [5.41, 5.74) is 3.85. The molecule has 0 atom stereocenters. The molecule has 0 amide bonds. The number of benzene rings is 1. The van der Waals surface area contributed by atoms with Gasteiger partial charge in [-0.05, 0) is 31.9 Å². The molecule has 1 aromatic heterocycles. The Balaban J connectivity index is 2.37. The molecule has 4 N–H and O–H groups in total. The Morgan fingerprint density at radius 1 is 0.923 bits per heavy atom. The molecule has 0 aliphatic carbocycles. The van der Waals surface area contributed by atoms with E-state index in [2.05, 4.69) is 45.1 Å². The van der Waals surface area contributed by atoms with Gasteiger partial charge in [0.05, 0.1) is 23.2 Å². The van der Waals surface area contributed by atoms with Gasteiger partial charge in [0.15, 0.2) is 0 Å². The summed E-state index contributed by atoms with van der Waals surface area (Å²) in [6.45, 7) is 6.10. The molecular weight excluding hydrogens is 328 g/mol.